The summed E-state index contributed by atoms with van der Waals surface area (Å²) in [4.78, 5) is 6.92. The second-order valence-corrected chi connectivity index (χ2v) is 4.17. The van der Waals surface area contributed by atoms with Crippen LogP contribution in [0.25, 0.3) is 0 Å². The summed E-state index contributed by atoms with van der Waals surface area (Å²) in [6.45, 7) is 8.41. The van der Waals surface area contributed by atoms with Crippen LogP contribution in [-0.2, 0) is 13.1 Å². The van der Waals surface area contributed by atoms with Gasteiger partial charge < -0.3 is 5.32 Å². The second-order valence-electron chi connectivity index (χ2n) is 3.22. The lowest BCUT2D eigenvalue weighted by atomic mass is 10.4. The summed E-state index contributed by atoms with van der Waals surface area (Å²) in [5.41, 5.74) is 1.20. The van der Waals surface area contributed by atoms with E-state index in [1.54, 1.807) is 11.3 Å². The van der Waals surface area contributed by atoms with E-state index in [0.717, 1.165) is 26.2 Å². The smallest absolute Gasteiger partial charge is 0.107 e. The lowest BCUT2D eigenvalue weighted by molar-refractivity contribution is 0.292. The van der Waals surface area contributed by atoms with Gasteiger partial charge in [-0.1, -0.05) is 13.8 Å². The lowest BCUT2D eigenvalue weighted by Crippen LogP contribution is -2.22. The molecular weight excluding hydrogens is 194 g/mol. The molecular formula is C10H19N3S. The van der Waals surface area contributed by atoms with Crippen LogP contribution in [0.15, 0.2) is 5.38 Å². The van der Waals surface area contributed by atoms with Crippen LogP contribution in [-0.4, -0.2) is 30.0 Å². The molecule has 0 aliphatic rings. The number of aromatic nitrogens is 1. The molecule has 80 valence electrons. The summed E-state index contributed by atoms with van der Waals surface area (Å²) < 4.78 is 0. The first-order valence-corrected chi connectivity index (χ1v) is 5.98. The molecule has 0 fully saturated rings. The number of rotatable bonds is 6. The molecule has 0 radical (unpaired) electrons. The van der Waals surface area contributed by atoms with Gasteiger partial charge in [0.05, 0.1) is 5.69 Å². The molecule has 0 amide bonds. The number of nitrogens with one attached hydrogen (secondary N) is 1. The Morgan fingerprint density at radius 2 is 2.14 bits per heavy atom. The van der Waals surface area contributed by atoms with Gasteiger partial charge in [0.1, 0.15) is 5.01 Å². The van der Waals surface area contributed by atoms with Crippen LogP contribution in [0, 0.1) is 0 Å². The summed E-state index contributed by atoms with van der Waals surface area (Å²) in [5, 5.41) is 6.45. The molecule has 1 aromatic rings. The van der Waals surface area contributed by atoms with Gasteiger partial charge in [-0.25, -0.2) is 4.98 Å². The highest BCUT2D eigenvalue weighted by Gasteiger charge is 2.04. The molecule has 1 aromatic heterocycles. The SMILES string of the molecule is CCN(CC)Cc1csc(CNC)n1. The third-order valence-corrected chi connectivity index (χ3v) is 3.10. The van der Waals surface area contributed by atoms with Crippen molar-refractivity contribution in [3.63, 3.8) is 0 Å². The number of nitrogens with zero attached hydrogens (tertiary/aromatic N) is 2. The lowest BCUT2D eigenvalue weighted by Gasteiger charge is -2.15. The van der Waals surface area contributed by atoms with Crippen molar-refractivity contribution in [1.82, 2.24) is 15.2 Å². The van der Waals surface area contributed by atoms with Crippen LogP contribution in [0.4, 0.5) is 0 Å². The predicted molar refractivity (Wildman–Crippen MR) is 61.5 cm³/mol. The van der Waals surface area contributed by atoms with Crippen molar-refractivity contribution in [2.45, 2.75) is 26.9 Å². The summed E-state index contributed by atoms with van der Waals surface area (Å²) in [6.07, 6.45) is 0. The van der Waals surface area contributed by atoms with Crippen LogP contribution in [0.2, 0.25) is 0 Å². The Morgan fingerprint density at radius 1 is 1.43 bits per heavy atom. The van der Waals surface area contributed by atoms with Gasteiger partial charge in [-0.3, -0.25) is 4.90 Å². The first kappa shape index (κ1) is 11.6. The maximum atomic E-state index is 4.55. The van der Waals surface area contributed by atoms with Gasteiger partial charge in [-0.2, -0.15) is 0 Å². The van der Waals surface area contributed by atoms with Crippen LogP contribution in [0.5, 0.6) is 0 Å². The van der Waals surface area contributed by atoms with E-state index < -0.39 is 0 Å². The first-order chi connectivity index (χ1) is 6.80. The topological polar surface area (TPSA) is 28.2 Å². The zero-order chi connectivity index (χ0) is 10.4. The molecule has 0 bridgehead atoms. The maximum absolute atomic E-state index is 4.55. The number of thiazole rings is 1. The van der Waals surface area contributed by atoms with E-state index in [4.69, 9.17) is 0 Å². The fourth-order valence-electron chi connectivity index (χ4n) is 1.33. The third kappa shape index (κ3) is 3.36. The second kappa shape index (κ2) is 6.11. The Morgan fingerprint density at radius 3 is 2.71 bits per heavy atom. The van der Waals surface area contributed by atoms with Crippen molar-refractivity contribution >= 4 is 11.3 Å². The van der Waals surface area contributed by atoms with Gasteiger partial charge in [-0.15, -0.1) is 11.3 Å². The molecule has 0 saturated heterocycles. The van der Waals surface area contributed by atoms with Crippen molar-refractivity contribution in [2.75, 3.05) is 20.1 Å². The van der Waals surface area contributed by atoms with Crippen LogP contribution in [0.3, 0.4) is 0 Å². The van der Waals surface area contributed by atoms with Gasteiger partial charge in [0.25, 0.3) is 0 Å². The van der Waals surface area contributed by atoms with Gasteiger partial charge in [0, 0.05) is 18.5 Å². The summed E-state index contributed by atoms with van der Waals surface area (Å²) in [7, 11) is 1.95. The van der Waals surface area contributed by atoms with E-state index in [-0.39, 0.29) is 0 Å². The Labute approximate surface area is 90.2 Å². The van der Waals surface area contributed by atoms with Crippen molar-refractivity contribution in [1.29, 1.82) is 0 Å². The highest BCUT2D eigenvalue weighted by atomic mass is 32.1. The zero-order valence-electron chi connectivity index (χ0n) is 9.21. The fourth-order valence-corrected chi connectivity index (χ4v) is 2.13. The van der Waals surface area contributed by atoms with Crippen LogP contribution < -0.4 is 5.32 Å². The average Bonchev–Trinajstić information content (AvgIpc) is 2.63. The minimum Gasteiger partial charge on any atom is -0.314 e. The minimum atomic E-state index is 0.878. The molecule has 14 heavy (non-hydrogen) atoms. The molecule has 0 spiro atoms. The highest BCUT2D eigenvalue weighted by Crippen LogP contribution is 2.11. The van der Waals surface area contributed by atoms with E-state index in [1.165, 1.54) is 10.7 Å². The van der Waals surface area contributed by atoms with Crippen molar-refractivity contribution in [2.24, 2.45) is 0 Å². The zero-order valence-corrected chi connectivity index (χ0v) is 10.0. The molecule has 0 aliphatic heterocycles. The summed E-state index contributed by atoms with van der Waals surface area (Å²) in [5.74, 6) is 0. The van der Waals surface area contributed by atoms with Gasteiger partial charge in [-0.05, 0) is 20.1 Å². The molecule has 0 aromatic carbocycles. The van der Waals surface area contributed by atoms with Gasteiger partial charge >= 0.3 is 0 Å². The van der Waals surface area contributed by atoms with Crippen molar-refractivity contribution in [3.05, 3.63) is 16.1 Å². The Bertz CT molecular complexity index is 256. The van der Waals surface area contributed by atoms with E-state index in [2.05, 4.69) is 34.4 Å². The molecule has 0 unspecified atom stereocenters. The molecule has 1 rings (SSSR count). The van der Waals surface area contributed by atoms with E-state index in [9.17, 15) is 0 Å². The largest absolute Gasteiger partial charge is 0.314 e. The average molecular weight is 213 g/mol. The number of hydrogen-bond acceptors (Lipinski definition) is 4. The predicted octanol–water partition coefficient (Wildman–Crippen LogP) is 1.70. The Balaban J connectivity index is 2.49. The van der Waals surface area contributed by atoms with Gasteiger partial charge in [0.2, 0.25) is 0 Å². The molecule has 1 N–H and O–H groups in total. The summed E-state index contributed by atoms with van der Waals surface area (Å²) >= 11 is 1.74. The fraction of sp³-hybridized carbons (Fsp3) is 0.700. The monoisotopic (exact) mass is 213 g/mol. The molecule has 0 atom stereocenters. The first-order valence-electron chi connectivity index (χ1n) is 5.10. The molecule has 0 saturated carbocycles. The van der Waals surface area contributed by atoms with Gasteiger partial charge in [0.15, 0.2) is 0 Å². The van der Waals surface area contributed by atoms with E-state index in [0.29, 0.717) is 0 Å². The quantitative estimate of drug-likeness (QED) is 0.779. The van der Waals surface area contributed by atoms with Crippen LogP contribution in [0.1, 0.15) is 24.5 Å². The Hall–Kier alpha value is -0.450. The van der Waals surface area contributed by atoms with E-state index >= 15 is 0 Å². The molecule has 3 nitrogen and oxygen atoms in total. The standard InChI is InChI=1S/C10H19N3S/c1-4-13(5-2)7-9-8-14-10(12-9)6-11-3/h8,11H,4-7H2,1-3H3. The van der Waals surface area contributed by atoms with Crippen LogP contribution >= 0.6 is 11.3 Å². The third-order valence-electron chi connectivity index (χ3n) is 2.21. The minimum absolute atomic E-state index is 0.878. The highest BCUT2D eigenvalue weighted by molar-refractivity contribution is 7.09. The van der Waals surface area contributed by atoms with Crippen molar-refractivity contribution < 1.29 is 0 Å². The molecule has 0 aliphatic carbocycles. The maximum Gasteiger partial charge on any atom is 0.107 e. The van der Waals surface area contributed by atoms with E-state index in [1.807, 2.05) is 7.05 Å². The van der Waals surface area contributed by atoms with Crippen molar-refractivity contribution in [3.8, 4) is 0 Å². The summed E-state index contributed by atoms with van der Waals surface area (Å²) in [6, 6.07) is 0. The number of hydrogen-bond donors (Lipinski definition) is 1. The Kier molecular flexibility index (Phi) is 5.07. The molecule has 1 heterocycles. The molecule has 4 heteroatoms. The normalized spacial score (nSPS) is 11.1.